The highest BCUT2D eigenvalue weighted by Crippen LogP contribution is 2.04. The first-order chi connectivity index (χ1) is 5.15. The van der Waals surface area contributed by atoms with Crippen LogP contribution in [0.3, 0.4) is 0 Å². The van der Waals surface area contributed by atoms with Crippen LogP contribution in [0.2, 0.25) is 0 Å². The Morgan fingerprint density at radius 1 is 1.73 bits per heavy atom. The number of rotatable bonds is 1. The van der Waals surface area contributed by atoms with Crippen molar-refractivity contribution >= 4 is 5.82 Å². The van der Waals surface area contributed by atoms with Gasteiger partial charge in [-0.25, -0.2) is 4.79 Å². The summed E-state index contributed by atoms with van der Waals surface area (Å²) in [6, 6.07) is 0. The molecule has 0 aliphatic rings. The van der Waals surface area contributed by atoms with Gasteiger partial charge in [-0.3, -0.25) is 10.7 Å². The smallest absolute Gasteiger partial charge is 0.302 e. The minimum absolute atomic E-state index is 0.202. The molecule has 5 nitrogen and oxygen atoms in total. The van der Waals surface area contributed by atoms with Crippen LogP contribution in [-0.4, -0.2) is 14.8 Å². The summed E-state index contributed by atoms with van der Waals surface area (Å²) in [7, 11) is 1.60. The Kier molecular flexibility index (Phi) is 1.91. The maximum absolute atomic E-state index is 10.9. The monoisotopic (exact) mass is 155 g/mol. The molecule has 0 aliphatic carbocycles. The molecule has 0 radical (unpaired) electrons. The van der Waals surface area contributed by atoms with Crippen molar-refractivity contribution in [1.29, 1.82) is 0 Å². The zero-order chi connectivity index (χ0) is 8.43. The summed E-state index contributed by atoms with van der Waals surface area (Å²) in [4.78, 5) is 14.4. The van der Waals surface area contributed by atoms with Crippen LogP contribution in [0.15, 0.2) is 11.0 Å². The van der Waals surface area contributed by atoms with Crippen molar-refractivity contribution in [3.8, 4) is 0 Å². The largest absolute Gasteiger partial charge is 0.349 e. The van der Waals surface area contributed by atoms with Crippen molar-refractivity contribution in [1.82, 2.24) is 9.55 Å². The number of aromatic nitrogens is 2. The van der Waals surface area contributed by atoms with Crippen molar-refractivity contribution in [3.05, 3.63) is 22.2 Å². The van der Waals surface area contributed by atoms with E-state index in [-0.39, 0.29) is 5.82 Å². The predicted molar refractivity (Wildman–Crippen MR) is 39.6 cm³/mol. The molecular formula is C6H9N3O2. The molecule has 0 amide bonds. The number of hydrogen-bond donors (Lipinski definition) is 2. The Hall–Kier alpha value is -1.36. The average Bonchev–Trinajstić information content (AvgIpc) is 1.97. The quantitative estimate of drug-likeness (QED) is 0.555. The number of nitrogens with one attached hydrogen (secondary N) is 1. The van der Waals surface area contributed by atoms with E-state index in [2.05, 4.69) is 4.98 Å². The molecule has 0 aromatic carbocycles. The van der Waals surface area contributed by atoms with Crippen molar-refractivity contribution in [2.24, 2.45) is 7.05 Å². The summed E-state index contributed by atoms with van der Waals surface area (Å²) in [5.74, 6) is 0.202. The van der Waals surface area contributed by atoms with Crippen LogP contribution in [0.1, 0.15) is 5.56 Å². The lowest BCUT2D eigenvalue weighted by atomic mass is 10.3. The minimum atomic E-state index is -0.396. The van der Waals surface area contributed by atoms with Crippen molar-refractivity contribution in [2.75, 3.05) is 5.48 Å². The first-order valence-corrected chi connectivity index (χ1v) is 3.09. The fraction of sp³-hybridized carbons (Fsp3) is 0.333. The topological polar surface area (TPSA) is 67.2 Å². The highest BCUT2D eigenvalue weighted by atomic mass is 16.5. The second-order valence-electron chi connectivity index (χ2n) is 2.28. The average molecular weight is 155 g/mol. The zero-order valence-corrected chi connectivity index (χ0v) is 6.33. The van der Waals surface area contributed by atoms with Crippen molar-refractivity contribution in [2.45, 2.75) is 6.92 Å². The summed E-state index contributed by atoms with van der Waals surface area (Å²) in [6.07, 6.45) is 1.59. The second-order valence-corrected chi connectivity index (χ2v) is 2.28. The van der Waals surface area contributed by atoms with Gasteiger partial charge in [-0.1, -0.05) is 0 Å². The molecule has 0 fully saturated rings. The molecule has 0 saturated heterocycles. The molecule has 5 heteroatoms. The van der Waals surface area contributed by atoms with E-state index in [0.717, 1.165) is 5.56 Å². The number of aryl methyl sites for hydroxylation is 2. The van der Waals surface area contributed by atoms with Gasteiger partial charge < -0.3 is 4.57 Å². The third kappa shape index (κ3) is 1.38. The van der Waals surface area contributed by atoms with Gasteiger partial charge >= 0.3 is 5.69 Å². The molecule has 0 spiro atoms. The third-order valence-electron chi connectivity index (χ3n) is 1.38. The highest BCUT2D eigenvalue weighted by Gasteiger charge is 1.99. The number of hydrogen-bond acceptors (Lipinski definition) is 4. The SMILES string of the molecule is Cc1cn(C)c(=O)nc1NO. The molecule has 0 atom stereocenters. The highest BCUT2D eigenvalue weighted by molar-refractivity contribution is 5.38. The van der Waals surface area contributed by atoms with Gasteiger partial charge in [0, 0.05) is 18.8 Å². The van der Waals surface area contributed by atoms with Gasteiger partial charge in [-0.2, -0.15) is 4.98 Å². The Labute approximate surface area is 63.3 Å². The molecule has 0 bridgehead atoms. The first-order valence-electron chi connectivity index (χ1n) is 3.09. The van der Waals surface area contributed by atoms with Gasteiger partial charge in [0.1, 0.15) is 0 Å². The van der Waals surface area contributed by atoms with E-state index in [1.54, 1.807) is 20.2 Å². The molecular weight excluding hydrogens is 146 g/mol. The van der Waals surface area contributed by atoms with Crippen molar-refractivity contribution < 1.29 is 5.21 Å². The Morgan fingerprint density at radius 3 is 2.91 bits per heavy atom. The molecule has 1 heterocycles. The van der Waals surface area contributed by atoms with E-state index in [0.29, 0.717) is 0 Å². The van der Waals surface area contributed by atoms with Crippen molar-refractivity contribution in [3.63, 3.8) is 0 Å². The van der Waals surface area contributed by atoms with E-state index in [9.17, 15) is 4.79 Å². The first kappa shape index (κ1) is 7.74. The van der Waals surface area contributed by atoms with Crippen LogP contribution >= 0.6 is 0 Å². The van der Waals surface area contributed by atoms with E-state index >= 15 is 0 Å². The minimum Gasteiger partial charge on any atom is -0.302 e. The fourth-order valence-corrected chi connectivity index (χ4v) is 0.783. The van der Waals surface area contributed by atoms with Gasteiger partial charge in [-0.05, 0) is 6.92 Å². The van der Waals surface area contributed by atoms with E-state index in [4.69, 9.17) is 5.21 Å². The van der Waals surface area contributed by atoms with E-state index in [1.165, 1.54) is 4.57 Å². The lowest BCUT2D eigenvalue weighted by molar-refractivity contribution is 0.384. The molecule has 1 aromatic heterocycles. The molecule has 0 unspecified atom stereocenters. The summed E-state index contributed by atoms with van der Waals surface area (Å²) >= 11 is 0. The molecule has 0 saturated carbocycles. The van der Waals surface area contributed by atoms with Crippen LogP contribution in [-0.2, 0) is 7.05 Å². The lowest BCUT2D eigenvalue weighted by Gasteiger charge is -2.02. The predicted octanol–water partition coefficient (Wildman–Crippen LogP) is -0.110. The van der Waals surface area contributed by atoms with Crippen LogP contribution in [0.25, 0.3) is 0 Å². The molecule has 1 rings (SSSR count). The maximum Gasteiger partial charge on any atom is 0.349 e. The number of nitrogens with zero attached hydrogens (tertiary/aromatic N) is 2. The van der Waals surface area contributed by atoms with Crippen LogP contribution in [0, 0.1) is 6.92 Å². The molecule has 1 aromatic rings. The third-order valence-corrected chi connectivity index (χ3v) is 1.38. The fourth-order valence-electron chi connectivity index (χ4n) is 0.783. The molecule has 0 aliphatic heterocycles. The van der Waals surface area contributed by atoms with E-state index in [1.807, 2.05) is 5.48 Å². The van der Waals surface area contributed by atoms with E-state index < -0.39 is 5.69 Å². The molecule has 60 valence electrons. The normalized spacial score (nSPS) is 9.73. The van der Waals surface area contributed by atoms with Gasteiger partial charge in [0.15, 0.2) is 5.82 Å². The standard InChI is InChI=1S/C6H9N3O2/c1-4-3-9(2)6(10)7-5(4)8-11/h3,11H,1-2H3,(H,7,8,10). The lowest BCUT2D eigenvalue weighted by Crippen LogP contribution is -2.21. The van der Waals surface area contributed by atoms with Crippen LogP contribution < -0.4 is 11.2 Å². The molecule has 2 N–H and O–H groups in total. The number of anilines is 1. The summed E-state index contributed by atoms with van der Waals surface area (Å²) in [6.45, 7) is 1.74. The van der Waals surface area contributed by atoms with Gasteiger partial charge in [0.25, 0.3) is 0 Å². The second kappa shape index (κ2) is 2.71. The zero-order valence-electron chi connectivity index (χ0n) is 6.33. The van der Waals surface area contributed by atoms with Gasteiger partial charge in [0.2, 0.25) is 0 Å². The summed E-state index contributed by atoms with van der Waals surface area (Å²) in [5.41, 5.74) is 2.16. The Balaban J connectivity index is 3.32. The Bertz CT molecular complexity index is 318. The Morgan fingerprint density at radius 2 is 2.36 bits per heavy atom. The molecule has 11 heavy (non-hydrogen) atoms. The van der Waals surface area contributed by atoms with Gasteiger partial charge in [0.05, 0.1) is 0 Å². The summed E-state index contributed by atoms with van der Waals surface area (Å²) in [5, 5.41) is 8.47. The summed E-state index contributed by atoms with van der Waals surface area (Å²) < 4.78 is 1.34. The van der Waals surface area contributed by atoms with Crippen LogP contribution in [0.5, 0.6) is 0 Å². The maximum atomic E-state index is 10.9. The van der Waals surface area contributed by atoms with Crippen LogP contribution in [0.4, 0.5) is 5.82 Å². The van der Waals surface area contributed by atoms with Gasteiger partial charge in [-0.15, -0.1) is 0 Å².